The second kappa shape index (κ2) is 10.2. The number of fused-ring (bicyclic) bond motifs is 2. The predicted molar refractivity (Wildman–Crippen MR) is 152 cm³/mol. The minimum atomic E-state index is -3.82. The van der Waals surface area contributed by atoms with Gasteiger partial charge in [-0.1, -0.05) is 23.7 Å². The molecule has 2 N–H and O–H groups in total. The van der Waals surface area contributed by atoms with Gasteiger partial charge in [0, 0.05) is 25.7 Å². The second-order valence-corrected chi connectivity index (χ2v) is 12.1. The summed E-state index contributed by atoms with van der Waals surface area (Å²) in [5.74, 6) is -0.748. The lowest BCUT2D eigenvalue weighted by molar-refractivity contribution is 0.0982. The fourth-order valence-electron chi connectivity index (χ4n) is 4.93. The van der Waals surface area contributed by atoms with E-state index in [0.717, 1.165) is 22.9 Å². The highest BCUT2D eigenvalue weighted by molar-refractivity contribution is 7.89. The third-order valence-electron chi connectivity index (χ3n) is 6.74. The number of halogens is 2. The van der Waals surface area contributed by atoms with E-state index in [0.29, 0.717) is 35.5 Å². The fraction of sp³-hybridized carbons (Fsp3) is 0.259. The van der Waals surface area contributed by atoms with E-state index < -0.39 is 22.0 Å². The first-order valence-corrected chi connectivity index (χ1v) is 14.6. The Morgan fingerprint density at radius 3 is 2.60 bits per heavy atom. The van der Waals surface area contributed by atoms with E-state index in [9.17, 15) is 22.4 Å². The Morgan fingerprint density at radius 1 is 1.15 bits per heavy atom. The molecule has 0 radical (unpaired) electrons. The van der Waals surface area contributed by atoms with E-state index in [4.69, 9.17) is 16.6 Å². The summed E-state index contributed by atoms with van der Waals surface area (Å²) in [6.07, 6.45) is 2.22. The van der Waals surface area contributed by atoms with E-state index in [1.165, 1.54) is 29.0 Å². The van der Waals surface area contributed by atoms with Gasteiger partial charge >= 0.3 is 0 Å². The number of aromatic nitrogens is 3. The summed E-state index contributed by atoms with van der Waals surface area (Å²) in [5.41, 5.74) is 3.77. The Balaban J connectivity index is 1.56. The lowest BCUT2D eigenvalue weighted by Gasteiger charge is -2.23. The zero-order valence-corrected chi connectivity index (χ0v) is 23.7. The van der Waals surface area contributed by atoms with E-state index in [1.54, 1.807) is 19.2 Å². The number of nitrogens with one attached hydrogen (secondary N) is 2. The average Bonchev–Trinajstić information content (AvgIpc) is 3.28. The standard InChI is InChI=1S/C27H26ClFN6O4S/c1-14-7-19(15(2)31-22-11-30-23(28)10-20(22)25(36)33-40(4,38)39)24-21(8-14)26(37)34(3)27(32-24)35-12-16-5-6-18(29)9-17(16)13-35/h5-11,15,31H,12-13H2,1-4H3,(H,33,36)/t15-/m1/s1. The normalized spacial score (nSPS) is 13.8. The maximum absolute atomic E-state index is 13.8. The number of sulfonamides is 1. The molecule has 0 fully saturated rings. The maximum Gasteiger partial charge on any atom is 0.266 e. The summed E-state index contributed by atoms with van der Waals surface area (Å²) in [4.78, 5) is 37.1. The van der Waals surface area contributed by atoms with Crippen LogP contribution in [0.1, 0.15) is 45.6 Å². The Kier molecular flexibility index (Phi) is 7.01. The first-order chi connectivity index (χ1) is 18.8. The predicted octanol–water partition coefficient (Wildman–Crippen LogP) is 3.81. The highest BCUT2D eigenvalue weighted by atomic mass is 35.5. The molecule has 0 unspecified atom stereocenters. The number of pyridine rings is 1. The van der Waals surface area contributed by atoms with Crippen molar-refractivity contribution in [1.82, 2.24) is 19.3 Å². The molecule has 208 valence electrons. The maximum atomic E-state index is 13.8. The Labute approximate surface area is 234 Å². The minimum Gasteiger partial charge on any atom is -0.377 e. The molecule has 0 saturated carbocycles. The van der Waals surface area contributed by atoms with Crippen LogP contribution in [-0.4, -0.2) is 35.1 Å². The molecule has 0 aliphatic carbocycles. The van der Waals surface area contributed by atoms with Gasteiger partial charge in [-0.25, -0.2) is 27.5 Å². The van der Waals surface area contributed by atoms with Crippen molar-refractivity contribution in [2.45, 2.75) is 33.0 Å². The van der Waals surface area contributed by atoms with Crippen LogP contribution < -0.4 is 20.5 Å². The zero-order valence-electron chi connectivity index (χ0n) is 22.1. The van der Waals surface area contributed by atoms with Crippen LogP contribution in [0.4, 0.5) is 16.0 Å². The van der Waals surface area contributed by atoms with Gasteiger partial charge in [0.05, 0.1) is 40.6 Å². The molecule has 2 aromatic heterocycles. The monoisotopic (exact) mass is 584 g/mol. The molecule has 1 aliphatic heterocycles. The quantitative estimate of drug-likeness (QED) is 0.328. The van der Waals surface area contributed by atoms with Crippen LogP contribution in [0.5, 0.6) is 0 Å². The van der Waals surface area contributed by atoms with Gasteiger partial charge in [-0.2, -0.15) is 0 Å². The molecule has 13 heteroatoms. The van der Waals surface area contributed by atoms with Crippen LogP contribution in [0.2, 0.25) is 5.15 Å². The van der Waals surface area contributed by atoms with E-state index >= 15 is 0 Å². The van der Waals surface area contributed by atoms with Crippen molar-refractivity contribution in [3.05, 3.63) is 91.7 Å². The molecule has 1 aliphatic rings. The van der Waals surface area contributed by atoms with Gasteiger partial charge < -0.3 is 10.2 Å². The highest BCUT2D eigenvalue weighted by Crippen LogP contribution is 2.31. The summed E-state index contributed by atoms with van der Waals surface area (Å²) < 4.78 is 40.6. The molecule has 5 rings (SSSR count). The third-order valence-corrected chi connectivity index (χ3v) is 7.50. The number of carbonyl (C=O) groups excluding carboxylic acids is 1. The molecular formula is C27H26ClFN6O4S. The molecule has 40 heavy (non-hydrogen) atoms. The highest BCUT2D eigenvalue weighted by Gasteiger charge is 2.25. The summed E-state index contributed by atoms with van der Waals surface area (Å²) in [5, 5.41) is 3.63. The van der Waals surface area contributed by atoms with E-state index in [1.807, 2.05) is 29.5 Å². The van der Waals surface area contributed by atoms with Crippen molar-refractivity contribution in [1.29, 1.82) is 0 Å². The van der Waals surface area contributed by atoms with Crippen LogP contribution in [0.25, 0.3) is 10.9 Å². The topological polar surface area (TPSA) is 126 Å². The summed E-state index contributed by atoms with van der Waals surface area (Å²) in [6.45, 7) is 4.58. The summed E-state index contributed by atoms with van der Waals surface area (Å²) in [7, 11) is -2.17. The number of rotatable bonds is 6. The molecule has 3 heterocycles. The average molecular weight is 585 g/mol. The van der Waals surface area contributed by atoms with Crippen LogP contribution in [0.15, 0.2) is 47.4 Å². The number of anilines is 2. The van der Waals surface area contributed by atoms with E-state index in [2.05, 4.69) is 10.3 Å². The molecule has 1 amide bonds. The Morgan fingerprint density at radius 2 is 1.88 bits per heavy atom. The molecule has 1 atom stereocenters. The van der Waals surface area contributed by atoms with Crippen LogP contribution in [0, 0.1) is 12.7 Å². The van der Waals surface area contributed by atoms with Crippen LogP contribution in [-0.2, 0) is 30.2 Å². The number of benzene rings is 2. The van der Waals surface area contributed by atoms with Crippen molar-refractivity contribution < 1.29 is 17.6 Å². The third kappa shape index (κ3) is 5.36. The van der Waals surface area contributed by atoms with Crippen LogP contribution in [0.3, 0.4) is 0 Å². The molecule has 4 aromatic rings. The van der Waals surface area contributed by atoms with Crippen LogP contribution >= 0.6 is 11.6 Å². The van der Waals surface area contributed by atoms with Crippen molar-refractivity contribution in [2.75, 3.05) is 16.5 Å². The fourth-order valence-corrected chi connectivity index (χ4v) is 5.53. The minimum absolute atomic E-state index is 0.0131. The largest absolute Gasteiger partial charge is 0.377 e. The lowest BCUT2D eigenvalue weighted by atomic mass is 10.0. The zero-order chi connectivity index (χ0) is 28.9. The van der Waals surface area contributed by atoms with Gasteiger partial charge in [0.25, 0.3) is 11.5 Å². The lowest BCUT2D eigenvalue weighted by Crippen LogP contribution is -2.30. The Bertz CT molecular complexity index is 1860. The smallest absolute Gasteiger partial charge is 0.266 e. The number of hydrogen-bond acceptors (Lipinski definition) is 8. The van der Waals surface area contributed by atoms with Crippen molar-refractivity contribution in [2.24, 2.45) is 7.05 Å². The number of hydrogen-bond donors (Lipinski definition) is 2. The van der Waals surface area contributed by atoms with Crippen molar-refractivity contribution in [3.63, 3.8) is 0 Å². The van der Waals surface area contributed by atoms with Gasteiger partial charge in [0.15, 0.2) is 0 Å². The number of aryl methyl sites for hydroxylation is 1. The van der Waals surface area contributed by atoms with Gasteiger partial charge in [0.2, 0.25) is 16.0 Å². The summed E-state index contributed by atoms with van der Waals surface area (Å²) >= 11 is 6.00. The second-order valence-electron chi connectivity index (χ2n) is 9.92. The summed E-state index contributed by atoms with van der Waals surface area (Å²) in [6, 6.07) is 9.09. The molecule has 0 bridgehead atoms. The van der Waals surface area contributed by atoms with Gasteiger partial charge in [-0.05, 0) is 54.8 Å². The number of amides is 1. The molecule has 2 aromatic carbocycles. The van der Waals surface area contributed by atoms with Gasteiger partial charge in [-0.15, -0.1) is 0 Å². The molecule has 0 saturated heterocycles. The van der Waals surface area contributed by atoms with Crippen molar-refractivity contribution in [3.8, 4) is 0 Å². The van der Waals surface area contributed by atoms with Gasteiger partial charge in [-0.3, -0.25) is 14.2 Å². The van der Waals surface area contributed by atoms with Crippen molar-refractivity contribution >= 4 is 50.1 Å². The Hall–Kier alpha value is -4.03. The number of carbonyl (C=O) groups is 1. The first kappa shape index (κ1) is 27.5. The molecular weight excluding hydrogens is 559 g/mol. The SMILES string of the molecule is Cc1cc([C@@H](C)Nc2cnc(Cl)cc2C(=O)NS(C)(=O)=O)c2nc(N3Cc4ccc(F)cc4C3)n(C)c(=O)c2c1. The number of nitrogens with zero attached hydrogens (tertiary/aromatic N) is 4. The van der Waals surface area contributed by atoms with E-state index in [-0.39, 0.29) is 27.8 Å². The molecule has 10 nitrogen and oxygen atoms in total. The van der Waals surface area contributed by atoms with Gasteiger partial charge in [0.1, 0.15) is 11.0 Å². The molecule has 0 spiro atoms. The first-order valence-electron chi connectivity index (χ1n) is 12.3.